The minimum absolute atomic E-state index is 1.32. The van der Waals surface area contributed by atoms with Gasteiger partial charge < -0.3 is 0 Å². The Labute approximate surface area is 116 Å². The van der Waals surface area contributed by atoms with Crippen molar-refractivity contribution in [3.05, 3.63) is 70.3 Å². The van der Waals surface area contributed by atoms with Crippen molar-refractivity contribution < 1.29 is 0 Å². The van der Waals surface area contributed by atoms with Gasteiger partial charge in [-0.25, -0.2) is 0 Å². The fraction of sp³-hybridized carbons (Fsp3) is 0.263. The average molecular weight is 250 g/mol. The Balaban J connectivity index is 2.52. The van der Waals surface area contributed by atoms with Gasteiger partial charge in [0.2, 0.25) is 0 Å². The van der Waals surface area contributed by atoms with Crippen LogP contribution in [0.3, 0.4) is 0 Å². The molecule has 0 amide bonds. The highest BCUT2D eigenvalue weighted by molar-refractivity contribution is 5.89. The molecule has 0 spiro atoms. The lowest BCUT2D eigenvalue weighted by Crippen LogP contribution is -1.91. The summed E-state index contributed by atoms with van der Waals surface area (Å²) < 4.78 is 0. The Morgan fingerprint density at radius 3 is 2.00 bits per heavy atom. The highest BCUT2D eigenvalue weighted by atomic mass is 14.1. The van der Waals surface area contributed by atoms with Crippen LogP contribution < -0.4 is 0 Å². The summed E-state index contributed by atoms with van der Waals surface area (Å²) >= 11 is 0. The standard InChI is InChI=1S/C19H22/c1-13-10-11-18(12-15(13)3)16(4)17(5)19-9-7-6-8-14(19)2/h6-12H,1-5H3/b17-16-. The monoisotopic (exact) mass is 250 g/mol. The third-order valence-electron chi connectivity index (χ3n) is 4.05. The predicted molar refractivity (Wildman–Crippen MR) is 85.3 cm³/mol. The molecule has 0 saturated heterocycles. The molecule has 0 aliphatic carbocycles. The fourth-order valence-corrected chi connectivity index (χ4v) is 2.39. The molecule has 0 atom stereocenters. The molecule has 0 heterocycles. The SMILES string of the molecule is C/C(=C(\C)c1ccccc1C)c1ccc(C)c(C)c1. The first-order valence-corrected chi connectivity index (χ1v) is 6.82. The van der Waals surface area contributed by atoms with Crippen molar-refractivity contribution in [2.45, 2.75) is 34.6 Å². The number of benzene rings is 2. The van der Waals surface area contributed by atoms with Gasteiger partial charge in [0.1, 0.15) is 0 Å². The minimum atomic E-state index is 1.32. The smallest absolute Gasteiger partial charge is 0.0195 e. The second-order valence-electron chi connectivity index (χ2n) is 5.36. The first-order chi connectivity index (χ1) is 9.00. The van der Waals surface area contributed by atoms with Gasteiger partial charge in [-0.05, 0) is 73.6 Å². The Morgan fingerprint density at radius 2 is 1.37 bits per heavy atom. The summed E-state index contributed by atoms with van der Waals surface area (Å²) in [5, 5.41) is 0. The number of aryl methyl sites for hydroxylation is 3. The van der Waals surface area contributed by atoms with Crippen LogP contribution in [0.4, 0.5) is 0 Å². The maximum Gasteiger partial charge on any atom is -0.0195 e. The Hall–Kier alpha value is -1.82. The topological polar surface area (TPSA) is 0 Å². The van der Waals surface area contributed by atoms with Crippen molar-refractivity contribution in [2.24, 2.45) is 0 Å². The third-order valence-corrected chi connectivity index (χ3v) is 4.05. The highest BCUT2D eigenvalue weighted by Gasteiger charge is 2.06. The van der Waals surface area contributed by atoms with E-state index in [2.05, 4.69) is 77.1 Å². The summed E-state index contributed by atoms with van der Waals surface area (Å²) in [5.74, 6) is 0. The van der Waals surface area contributed by atoms with Crippen LogP contribution in [0.2, 0.25) is 0 Å². The van der Waals surface area contributed by atoms with E-state index >= 15 is 0 Å². The van der Waals surface area contributed by atoms with E-state index in [0.717, 1.165) is 0 Å². The van der Waals surface area contributed by atoms with Gasteiger partial charge in [-0.1, -0.05) is 42.5 Å². The van der Waals surface area contributed by atoms with E-state index in [9.17, 15) is 0 Å². The van der Waals surface area contributed by atoms with E-state index in [1.807, 2.05) is 0 Å². The molecule has 0 unspecified atom stereocenters. The van der Waals surface area contributed by atoms with Gasteiger partial charge in [-0.15, -0.1) is 0 Å². The Kier molecular flexibility index (Phi) is 3.90. The van der Waals surface area contributed by atoms with Gasteiger partial charge in [0.25, 0.3) is 0 Å². The largest absolute Gasteiger partial charge is 0.0620 e. The molecule has 0 saturated carbocycles. The van der Waals surface area contributed by atoms with Gasteiger partial charge in [-0.3, -0.25) is 0 Å². The fourth-order valence-electron chi connectivity index (χ4n) is 2.39. The second-order valence-corrected chi connectivity index (χ2v) is 5.36. The zero-order chi connectivity index (χ0) is 14.0. The number of allylic oxidation sites excluding steroid dienone is 2. The number of hydrogen-bond donors (Lipinski definition) is 0. The lowest BCUT2D eigenvalue weighted by molar-refractivity contribution is 1.32. The molecule has 2 rings (SSSR count). The highest BCUT2D eigenvalue weighted by Crippen LogP contribution is 2.28. The van der Waals surface area contributed by atoms with Crippen molar-refractivity contribution in [1.82, 2.24) is 0 Å². The predicted octanol–water partition coefficient (Wildman–Crippen LogP) is 5.56. The van der Waals surface area contributed by atoms with E-state index in [1.165, 1.54) is 39.0 Å². The van der Waals surface area contributed by atoms with E-state index < -0.39 is 0 Å². The Morgan fingerprint density at radius 1 is 0.684 bits per heavy atom. The molecule has 0 N–H and O–H groups in total. The minimum Gasteiger partial charge on any atom is -0.0620 e. The van der Waals surface area contributed by atoms with Crippen molar-refractivity contribution in [3.63, 3.8) is 0 Å². The lowest BCUT2D eigenvalue weighted by Gasteiger charge is -2.12. The van der Waals surface area contributed by atoms with Crippen LogP contribution >= 0.6 is 0 Å². The first kappa shape index (κ1) is 13.6. The molecule has 2 aromatic rings. The summed E-state index contributed by atoms with van der Waals surface area (Å²) in [6, 6.07) is 15.3. The molecule has 0 aromatic heterocycles. The molecule has 0 radical (unpaired) electrons. The summed E-state index contributed by atoms with van der Waals surface area (Å²) in [6.07, 6.45) is 0. The summed E-state index contributed by atoms with van der Waals surface area (Å²) in [7, 11) is 0. The van der Waals surface area contributed by atoms with E-state index in [-0.39, 0.29) is 0 Å². The quantitative estimate of drug-likeness (QED) is 0.612. The van der Waals surface area contributed by atoms with Gasteiger partial charge in [0.15, 0.2) is 0 Å². The van der Waals surface area contributed by atoms with Crippen LogP contribution in [0, 0.1) is 20.8 Å². The molecular weight excluding hydrogens is 228 g/mol. The number of rotatable bonds is 2. The van der Waals surface area contributed by atoms with Crippen molar-refractivity contribution in [2.75, 3.05) is 0 Å². The molecule has 0 fully saturated rings. The van der Waals surface area contributed by atoms with Gasteiger partial charge >= 0.3 is 0 Å². The maximum atomic E-state index is 2.28. The molecule has 0 nitrogen and oxygen atoms in total. The third kappa shape index (κ3) is 2.78. The molecule has 19 heavy (non-hydrogen) atoms. The van der Waals surface area contributed by atoms with E-state index in [4.69, 9.17) is 0 Å². The van der Waals surface area contributed by atoms with Crippen LogP contribution in [0.5, 0.6) is 0 Å². The molecular formula is C19H22. The second kappa shape index (κ2) is 5.44. The zero-order valence-electron chi connectivity index (χ0n) is 12.5. The number of hydrogen-bond acceptors (Lipinski definition) is 0. The van der Waals surface area contributed by atoms with Crippen LogP contribution in [-0.4, -0.2) is 0 Å². The Bertz CT molecular complexity index is 630. The van der Waals surface area contributed by atoms with Crippen LogP contribution in [0.15, 0.2) is 42.5 Å². The summed E-state index contributed by atoms with van der Waals surface area (Å²) in [5.41, 5.74) is 9.43. The first-order valence-electron chi connectivity index (χ1n) is 6.82. The van der Waals surface area contributed by atoms with Gasteiger partial charge in [-0.2, -0.15) is 0 Å². The van der Waals surface area contributed by atoms with Crippen LogP contribution in [0.1, 0.15) is 41.7 Å². The van der Waals surface area contributed by atoms with Crippen LogP contribution in [0.25, 0.3) is 11.1 Å². The molecule has 0 aliphatic rings. The molecule has 0 heteroatoms. The van der Waals surface area contributed by atoms with Crippen LogP contribution in [-0.2, 0) is 0 Å². The van der Waals surface area contributed by atoms with Crippen molar-refractivity contribution in [3.8, 4) is 0 Å². The maximum absolute atomic E-state index is 2.28. The molecule has 98 valence electrons. The van der Waals surface area contributed by atoms with E-state index in [1.54, 1.807) is 0 Å². The molecule has 2 aromatic carbocycles. The summed E-state index contributed by atoms with van der Waals surface area (Å²) in [4.78, 5) is 0. The lowest BCUT2D eigenvalue weighted by atomic mass is 9.93. The van der Waals surface area contributed by atoms with Gasteiger partial charge in [0.05, 0.1) is 0 Å². The summed E-state index contributed by atoms with van der Waals surface area (Å²) in [6.45, 7) is 10.9. The normalized spacial score (nSPS) is 12.3. The van der Waals surface area contributed by atoms with Crippen molar-refractivity contribution in [1.29, 1.82) is 0 Å². The van der Waals surface area contributed by atoms with Gasteiger partial charge in [0, 0.05) is 0 Å². The van der Waals surface area contributed by atoms with E-state index in [0.29, 0.717) is 0 Å². The average Bonchev–Trinajstić information content (AvgIpc) is 2.41. The molecule has 0 aliphatic heterocycles. The van der Waals surface area contributed by atoms with Crippen molar-refractivity contribution >= 4 is 11.1 Å². The molecule has 0 bridgehead atoms. The zero-order valence-corrected chi connectivity index (χ0v) is 12.5.